The van der Waals surface area contributed by atoms with Crippen molar-refractivity contribution in [3.63, 3.8) is 0 Å². The molecule has 11 heteroatoms. The number of nitro groups is 2. The molecule has 0 aromatic heterocycles. The van der Waals surface area contributed by atoms with Gasteiger partial charge in [-0.15, -0.1) is 0 Å². The molecule has 164 valence electrons. The number of rotatable bonds is 6. The molecule has 0 bridgehead atoms. The monoisotopic (exact) mass is 509 g/mol. The molecule has 0 aliphatic carbocycles. The van der Waals surface area contributed by atoms with Crippen molar-refractivity contribution in [1.82, 2.24) is 0 Å². The molecule has 1 aliphatic rings. The van der Waals surface area contributed by atoms with Gasteiger partial charge in [-0.1, -0.05) is 24.3 Å². The highest BCUT2D eigenvalue weighted by atomic mass is 79.9. The van der Waals surface area contributed by atoms with Crippen molar-refractivity contribution in [2.45, 2.75) is 0 Å². The zero-order valence-corrected chi connectivity index (χ0v) is 18.1. The van der Waals surface area contributed by atoms with Crippen LogP contribution in [-0.4, -0.2) is 21.7 Å². The highest BCUT2D eigenvalue weighted by Gasteiger charge is 2.25. The summed E-state index contributed by atoms with van der Waals surface area (Å²) in [4.78, 5) is 37.1. The van der Waals surface area contributed by atoms with Gasteiger partial charge >= 0.3 is 11.7 Å². The van der Waals surface area contributed by atoms with E-state index in [9.17, 15) is 25.0 Å². The fraction of sp³-hybridized carbons (Fsp3) is 0. The van der Waals surface area contributed by atoms with E-state index in [1.165, 1.54) is 24.3 Å². The van der Waals surface area contributed by atoms with Crippen LogP contribution in [0.15, 0.2) is 81.9 Å². The van der Waals surface area contributed by atoms with Gasteiger partial charge in [0.15, 0.2) is 5.70 Å². The van der Waals surface area contributed by atoms with Crippen LogP contribution in [0.3, 0.4) is 0 Å². The number of hydrogen-bond acceptors (Lipinski definition) is 8. The average molecular weight is 510 g/mol. The maximum absolute atomic E-state index is 12.2. The molecular weight excluding hydrogens is 498 g/mol. The molecule has 0 saturated heterocycles. The Morgan fingerprint density at radius 1 is 0.970 bits per heavy atom. The number of halogens is 1. The lowest BCUT2D eigenvalue weighted by Gasteiger charge is -2.06. The lowest BCUT2D eigenvalue weighted by molar-refractivity contribution is -0.394. The van der Waals surface area contributed by atoms with Gasteiger partial charge < -0.3 is 9.47 Å². The third-order valence-corrected chi connectivity index (χ3v) is 5.18. The molecule has 3 aromatic rings. The second-order valence-electron chi connectivity index (χ2n) is 6.65. The molecule has 0 saturated carbocycles. The fourth-order valence-electron chi connectivity index (χ4n) is 2.92. The van der Waals surface area contributed by atoms with Crippen LogP contribution in [0.5, 0.6) is 11.5 Å². The minimum Gasteiger partial charge on any atom is -0.450 e. The van der Waals surface area contributed by atoms with Gasteiger partial charge in [0, 0.05) is 10.5 Å². The van der Waals surface area contributed by atoms with Gasteiger partial charge in [-0.25, -0.2) is 9.79 Å². The number of carbonyl (C=O) groups excluding carboxylic acids is 1. The fourth-order valence-corrected chi connectivity index (χ4v) is 3.38. The first-order valence-corrected chi connectivity index (χ1v) is 10.1. The number of ether oxygens (including phenoxy) is 2. The molecule has 0 radical (unpaired) electrons. The van der Waals surface area contributed by atoms with Crippen LogP contribution in [0.4, 0.5) is 11.4 Å². The molecule has 4 rings (SSSR count). The second kappa shape index (κ2) is 9.01. The van der Waals surface area contributed by atoms with Crippen molar-refractivity contribution in [1.29, 1.82) is 0 Å². The highest BCUT2D eigenvalue weighted by Crippen LogP contribution is 2.34. The largest absolute Gasteiger partial charge is 0.450 e. The summed E-state index contributed by atoms with van der Waals surface area (Å²) in [6, 6.07) is 16.6. The summed E-state index contributed by atoms with van der Waals surface area (Å²) < 4.78 is 11.5. The van der Waals surface area contributed by atoms with Crippen LogP contribution < -0.4 is 4.74 Å². The summed E-state index contributed by atoms with van der Waals surface area (Å²) in [5, 5.41) is 22.1. The first-order chi connectivity index (χ1) is 15.8. The second-order valence-corrected chi connectivity index (χ2v) is 7.51. The van der Waals surface area contributed by atoms with Crippen molar-refractivity contribution in [2.75, 3.05) is 0 Å². The Hall–Kier alpha value is -4.38. The zero-order chi connectivity index (χ0) is 23.5. The first kappa shape index (κ1) is 21.8. The van der Waals surface area contributed by atoms with E-state index in [0.717, 1.165) is 16.6 Å². The van der Waals surface area contributed by atoms with Gasteiger partial charge in [0.2, 0.25) is 11.6 Å². The summed E-state index contributed by atoms with van der Waals surface area (Å²) in [5.74, 6) is -0.286. The highest BCUT2D eigenvalue weighted by molar-refractivity contribution is 9.10. The molecule has 10 nitrogen and oxygen atoms in total. The lowest BCUT2D eigenvalue weighted by atomic mass is 10.2. The molecule has 1 heterocycles. The predicted molar refractivity (Wildman–Crippen MR) is 121 cm³/mol. The summed E-state index contributed by atoms with van der Waals surface area (Å²) in [5.41, 5.74) is 0.424. The van der Waals surface area contributed by atoms with E-state index in [-0.39, 0.29) is 23.1 Å². The van der Waals surface area contributed by atoms with Crippen LogP contribution in [0, 0.1) is 20.2 Å². The van der Waals surface area contributed by atoms with E-state index in [1.54, 1.807) is 30.3 Å². The number of carbonyl (C=O) groups is 1. The maximum atomic E-state index is 12.2. The number of esters is 1. The van der Waals surface area contributed by atoms with Crippen molar-refractivity contribution < 1.29 is 24.1 Å². The standard InChI is InChI=1S/C22H12BrN3O7/c23-17-4-2-1-3-16(17)21-24-18(22(27)33-21)11-13-5-8-15(9-6-13)32-20-10-7-14(25(28)29)12-19(20)26(30)31/h1-12H/b18-11-. The minimum absolute atomic E-state index is 0.112. The Bertz CT molecular complexity index is 1350. The third-order valence-electron chi connectivity index (χ3n) is 4.49. The lowest BCUT2D eigenvalue weighted by Crippen LogP contribution is -2.05. The van der Waals surface area contributed by atoms with E-state index in [2.05, 4.69) is 20.9 Å². The van der Waals surface area contributed by atoms with E-state index >= 15 is 0 Å². The van der Waals surface area contributed by atoms with Crippen molar-refractivity contribution in [3.8, 4) is 11.5 Å². The number of hydrogen-bond donors (Lipinski definition) is 0. The molecule has 33 heavy (non-hydrogen) atoms. The van der Waals surface area contributed by atoms with Crippen molar-refractivity contribution >= 4 is 45.2 Å². The van der Waals surface area contributed by atoms with Crippen LogP contribution in [0.2, 0.25) is 0 Å². The molecule has 0 amide bonds. The number of aliphatic imine (C=N–C) groups is 1. The van der Waals surface area contributed by atoms with Crippen LogP contribution in [-0.2, 0) is 9.53 Å². The molecule has 0 spiro atoms. The molecule has 0 atom stereocenters. The molecule has 3 aromatic carbocycles. The number of non-ortho nitro benzene ring substituents is 1. The first-order valence-electron chi connectivity index (χ1n) is 9.30. The Morgan fingerprint density at radius 2 is 1.70 bits per heavy atom. The Balaban J connectivity index is 1.55. The van der Waals surface area contributed by atoms with Gasteiger partial charge in [-0.2, -0.15) is 0 Å². The summed E-state index contributed by atoms with van der Waals surface area (Å²) >= 11 is 3.39. The minimum atomic E-state index is -0.756. The molecule has 1 aliphatic heterocycles. The van der Waals surface area contributed by atoms with E-state index in [0.29, 0.717) is 11.1 Å². The van der Waals surface area contributed by atoms with E-state index in [1.807, 2.05) is 6.07 Å². The van der Waals surface area contributed by atoms with Crippen LogP contribution in [0.1, 0.15) is 11.1 Å². The smallest absolute Gasteiger partial charge is 0.363 e. The molecular formula is C22H12BrN3O7. The Labute approximate surface area is 194 Å². The summed E-state index contributed by atoms with van der Waals surface area (Å²) in [6.07, 6.45) is 1.53. The summed E-state index contributed by atoms with van der Waals surface area (Å²) in [7, 11) is 0. The number of nitro benzene ring substituents is 2. The number of cyclic esters (lactones) is 1. The van der Waals surface area contributed by atoms with Crippen molar-refractivity contribution in [3.05, 3.63) is 108 Å². The topological polar surface area (TPSA) is 134 Å². The van der Waals surface area contributed by atoms with Crippen molar-refractivity contribution in [2.24, 2.45) is 4.99 Å². The summed E-state index contributed by atoms with van der Waals surface area (Å²) in [6.45, 7) is 0. The molecule has 0 unspecified atom stereocenters. The van der Waals surface area contributed by atoms with Gasteiger partial charge in [0.25, 0.3) is 5.69 Å². The molecule has 0 N–H and O–H groups in total. The zero-order valence-electron chi connectivity index (χ0n) is 16.5. The SMILES string of the molecule is O=C1OC(c2ccccc2Br)=N/C1=C\c1ccc(Oc2ccc([N+](=O)[O-])cc2[N+](=O)[O-])cc1. The van der Waals surface area contributed by atoms with Crippen LogP contribution in [0.25, 0.3) is 6.08 Å². The Kier molecular flexibility index (Phi) is 5.96. The van der Waals surface area contributed by atoms with E-state index < -0.39 is 27.2 Å². The van der Waals surface area contributed by atoms with Gasteiger partial charge in [-0.3, -0.25) is 20.2 Å². The normalized spacial score (nSPS) is 14.0. The van der Waals surface area contributed by atoms with Gasteiger partial charge in [-0.05, 0) is 57.9 Å². The Morgan fingerprint density at radius 3 is 2.36 bits per heavy atom. The number of benzene rings is 3. The quantitative estimate of drug-likeness (QED) is 0.188. The van der Waals surface area contributed by atoms with E-state index in [4.69, 9.17) is 9.47 Å². The van der Waals surface area contributed by atoms with Gasteiger partial charge in [0.05, 0.1) is 21.5 Å². The number of nitrogens with zero attached hydrogens (tertiary/aromatic N) is 3. The molecule has 0 fully saturated rings. The third kappa shape index (κ3) is 4.77. The van der Waals surface area contributed by atoms with Crippen LogP contribution >= 0.6 is 15.9 Å². The van der Waals surface area contributed by atoms with Gasteiger partial charge in [0.1, 0.15) is 5.75 Å². The average Bonchev–Trinajstić information content (AvgIpc) is 3.15. The predicted octanol–water partition coefficient (Wildman–Crippen LogP) is 5.40. The maximum Gasteiger partial charge on any atom is 0.363 e.